The van der Waals surface area contributed by atoms with E-state index in [0.29, 0.717) is 0 Å². The molecule has 1 aliphatic carbocycles. The van der Waals surface area contributed by atoms with Gasteiger partial charge in [0.1, 0.15) is 22.3 Å². The number of nitrogens with zero attached hydrogens (tertiary/aromatic N) is 2. The molecule has 12 aromatic rings. The molecule has 13 rings (SSSR count). The number of benzene rings is 9. The van der Waals surface area contributed by atoms with Gasteiger partial charge in [0.2, 0.25) is 0 Å². The summed E-state index contributed by atoms with van der Waals surface area (Å²) < 4.78 is 15.5. The number of furan rings is 2. The number of anilines is 3. The topological polar surface area (TPSA) is 34.5 Å². The minimum atomic E-state index is 0.865. The molecule has 4 heteroatoms. The molecule has 4 nitrogen and oxygen atoms in total. The third-order valence-electron chi connectivity index (χ3n) is 12.8. The van der Waals surface area contributed by atoms with Crippen LogP contribution in [0.5, 0.6) is 0 Å². The fraction of sp³-hybridized carbons (Fsp3) is 0.0345. The van der Waals surface area contributed by atoms with E-state index >= 15 is 0 Å². The number of para-hydroxylation sites is 3. The van der Waals surface area contributed by atoms with E-state index in [4.69, 9.17) is 8.83 Å². The number of allylic oxidation sites excluding steroid dienone is 1. The molecule has 3 heterocycles. The highest BCUT2D eigenvalue weighted by molar-refractivity contribution is 6.27. The Balaban J connectivity index is 1.05. The van der Waals surface area contributed by atoms with Crippen molar-refractivity contribution in [2.45, 2.75) is 12.8 Å². The summed E-state index contributed by atoms with van der Waals surface area (Å²) in [5.41, 5.74) is 17.6. The van der Waals surface area contributed by atoms with Gasteiger partial charge in [-0.05, 0) is 113 Å². The van der Waals surface area contributed by atoms with E-state index in [2.05, 4.69) is 204 Å². The van der Waals surface area contributed by atoms with Crippen LogP contribution in [0.2, 0.25) is 0 Å². The molecule has 292 valence electrons. The van der Waals surface area contributed by atoms with Crippen LogP contribution in [0, 0.1) is 0 Å². The van der Waals surface area contributed by atoms with Gasteiger partial charge in [0.05, 0.1) is 11.0 Å². The number of rotatable bonds is 6. The van der Waals surface area contributed by atoms with Gasteiger partial charge in [0, 0.05) is 72.8 Å². The Bertz CT molecular complexity index is 3740. The summed E-state index contributed by atoms with van der Waals surface area (Å²) in [6.07, 6.45) is 6.67. The van der Waals surface area contributed by atoms with Crippen molar-refractivity contribution in [3.8, 4) is 27.9 Å². The van der Waals surface area contributed by atoms with Crippen molar-refractivity contribution < 1.29 is 8.83 Å². The standard InChI is InChI=1S/C58H38N2O2/c1-3-15-38(16-4-1)56-57-49-34-39(45-23-13-17-37-14-7-8-20-44(37)45)26-33-50(49)60(51(57)36-55-58(56)48-22-10-12-25-53(48)62-55)42-29-27-41(28-30-42)59(40-18-5-2-6-19-40)43-31-32-47-46-21-9-11-24-52(46)61-54(47)35-43/h1-7,9-19,21-36H,8,20H2. The van der Waals surface area contributed by atoms with Crippen molar-refractivity contribution in [2.75, 3.05) is 4.90 Å². The van der Waals surface area contributed by atoms with E-state index in [1.807, 2.05) is 12.1 Å². The second-order valence-corrected chi connectivity index (χ2v) is 16.3. The molecule has 0 N–H and O–H groups in total. The van der Waals surface area contributed by atoms with Gasteiger partial charge in [-0.15, -0.1) is 0 Å². The SMILES string of the molecule is C1=Cc2cccc(-c3ccc4c(c3)c3c(-c5ccccc5)c5c(cc3n4-c3ccc(N(c4ccccc4)c4ccc6c(c4)oc4ccccc46)cc3)oc3ccccc35)c2CC1. The van der Waals surface area contributed by atoms with Gasteiger partial charge in [-0.1, -0.05) is 121 Å². The van der Waals surface area contributed by atoms with Gasteiger partial charge in [-0.25, -0.2) is 0 Å². The number of hydrogen-bond donors (Lipinski definition) is 0. The van der Waals surface area contributed by atoms with Crippen molar-refractivity contribution in [2.24, 2.45) is 0 Å². The monoisotopic (exact) mass is 794 g/mol. The molecular formula is C58H38N2O2. The first kappa shape index (κ1) is 34.8. The third-order valence-corrected chi connectivity index (χ3v) is 12.8. The number of fused-ring (bicyclic) bond motifs is 10. The summed E-state index contributed by atoms with van der Waals surface area (Å²) in [7, 11) is 0. The minimum Gasteiger partial charge on any atom is -0.456 e. The molecule has 0 atom stereocenters. The molecule has 0 saturated heterocycles. The zero-order chi connectivity index (χ0) is 40.7. The highest BCUT2D eigenvalue weighted by Gasteiger charge is 2.24. The first-order valence-electron chi connectivity index (χ1n) is 21.4. The van der Waals surface area contributed by atoms with Crippen LogP contribution in [0.3, 0.4) is 0 Å². The van der Waals surface area contributed by atoms with Crippen LogP contribution in [0.1, 0.15) is 17.5 Å². The second-order valence-electron chi connectivity index (χ2n) is 16.3. The minimum absolute atomic E-state index is 0.865. The van der Waals surface area contributed by atoms with Gasteiger partial charge in [0.15, 0.2) is 0 Å². The van der Waals surface area contributed by atoms with Crippen LogP contribution in [0.15, 0.2) is 209 Å². The normalized spacial score (nSPS) is 12.6. The van der Waals surface area contributed by atoms with Crippen LogP contribution in [-0.4, -0.2) is 4.57 Å². The average Bonchev–Trinajstić information content (AvgIpc) is 4.00. The lowest BCUT2D eigenvalue weighted by atomic mass is 9.88. The predicted octanol–water partition coefficient (Wildman–Crippen LogP) is 16.3. The summed E-state index contributed by atoms with van der Waals surface area (Å²) in [5, 5.41) is 6.92. The van der Waals surface area contributed by atoms with Crippen LogP contribution in [0.4, 0.5) is 17.1 Å². The fourth-order valence-corrected chi connectivity index (χ4v) is 10.1. The largest absolute Gasteiger partial charge is 0.456 e. The Morgan fingerprint density at radius 1 is 0.435 bits per heavy atom. The molecule has 0 aliphatic heterocycles. The van der Waals surface area contributed by atoms with Crippen LogP contribution >= 0.6 is 0 Å². The molecule has 0 bridgehead atoms. The lowest BCUT2D eigenvalue weighted by Gasteiger charge is -2.25. The molecule has 1 aliphatic rings. The van der Waals surface area contributed by atoms with E-state index in [-0.39, 0.29) is 0 Å². The molecule has 0 spiro atoms. The first-order chi connectivity index (χ1) is 30.7. The lowest BCUT2D eigenvalue weighted by Crippen LogP contribution is -2.09. The molecule has 0 fully saturated rings. The smallest absolute Gasteiger partial charge is 0.138 e. The van der Waals surface area contributed by atoms with E-state index in [0.717, 1.165) is 96.1 Å². The van der Waals surface area contributed by atoms with Gasteiger partial charge in [-0.3, -0.25) is 0 Å². The highest BCUT2D eigenvalue weighted by atomic mass is 16.3. The number of aromatic nitrogens is 1. The Kier molecular flexibility index (Phi) is 7.70. The molecule has 0 unspecified atom stereocenters. The van der Waals surface area contributed by atoms with Crippen molar-refractivity contribution in [1.82, 2.24) is 4.57 Å². The predicted molar refractivity (Wildman–Crippen MR) is 258 cm³/mol. The zero-order valence-corrected chi connectivity index (χ0v) is 33.8. The highest BCUT2D eigenvalue weighted by Crippen LogP contribution is 2.48. The molecule has 0 amide bonds. The van der Waals surface area contributed by atoms with Gasteiger partial charge >= 0.3 is 0 Å². The van der Waals surface area contributed by atoms with Gasteiger partial charge < -0.3 is 18.3 Å². The summed E-state index contributed by atoms with van der Waals surface area (Å²) in [6.45, 7) is 0. The van der Waals surface area contributed by atoms with Gasteiger partial charge in [0.25, 0.3) is 0 Å². The quantitative estimate of drug-likeness (QED) is 0.168. The second kappa shape index (κ2) is 13.7. The van der Waals surface area contributed by atoms with Crippen LogP contribution in [0.25, 0.3) is 99.7 Å². The lowest BCUT2D eigenvalue weighted by molar-refractivity contribution is 0.668. The van der Waals surface area contributed by atoms with Crippen molar-refractivity contribution >= 4 is 88.8 Å². The van der Waals surface area contributed by atoms with E-state index in [9.17, 15) is 0 Å². The molecule has 9 aromatic carbocycles. The molecule has 62 heavy (non-hydrogen) atoms. The maximum absolute atomic E-state index is 6.73. The Morgan fingerprint density at radius 3 is 1.97 bits per heavy atom. The summed E-state index contributed by atoms with van der Waals surface area (Å²) in [4.78, 5) is 2.30. The molecule has 3 aromatic heterocycles. The van der Waals surface area contributed by atoms with E-state index < -0.39 is 0 Å². The van der Waals surface area contributed by atoms with Crippen molar-refractivity contribution in [3.63, 3.8) is 0 Å². The van der Waals surface area contributed by atoms with Gasteiger partial charge in [-0.2, -0.15) is 0 Å². The van der Waals surface area contributed by atoms with E-state index in [1.54, 1.807) is 0 Å². The Labute approximate surface area is 357 Å². The van der Waals surface area contributed by atoms with Crippen molar-refractivity contribution in [3.05, 3.63) is 211 Å². The third kappa shape index (κ3) is 5.33. The number of hydrogen-bond acceptors (Lipinski definition) is 3. The molecular weight excluding hydrogens is 757 g/mol. The summed E-state index contributed by atoms with van der Waals surface area (Å²) in [6, 6.07) is 69.7. The average molecular weight is 795 g/mol. The van der Waals surface area contributed by atoms with Crippen molar-refractivity contribution in [1.29, 1.82) is 0 Å². The molecule has 0 radical (unpaired) electrons. The fourth-order valence-electron chi connectivity index (χ4n) is 10.1. The summed E-state index contributed by atoms with van der Waals surface area (Å²) in [5.74, 6) is 0. The summed E-state index contributed by atoms with van der Waals surface area (Å²) >= 11 is 0. The zero-order valence-electron chi connectivity index (χ0n) is 33.8. The first-order valence-corrected chi connectivity index (χ1v) is 21.4. The maximum atomic E-state index is 6.73. The molecule has 0 saturated carbocycles. The Morgan fingerprint density at radius 2 is 1.13 bits per heavy atom. The van der Waals surface area contributed by atoms with Crippen LogP contribution in [-0.2, 0) is 6.42 Å². The maximum Gasteiger partial charge on any atom is 0.138 e. The van der Waals surface area contributed by atoms with Crippen LogP contribution < -0.4 is 4.90 Å². The Hall–Kier alpha value is -8.08. The van der Waals surface area contributed by atoms with E-state index in [1.165, 1.54) is 38.6 Å².